The van der Waals surface area contributed by atoms with Gasteiger partial charge in [-0.05, 0) is 23.1 Å². The number of benzene rings is 1. The summed E-state index contributed by atoms with van der Waals surface area (Å²) in [6.07, 6.45) is 0. The van der Waals surface area contributed by atoms with Crippen LogP contribution in [0.15, 0.2) is 44.8 Å². The average Bonchev–Trinajstić information content (AvgIpc) is 2.74. The van der Waals surface area contributed by atoms with Gasteiger partial charge in [0.15, 0.2) is 0 Å². The minimum absolute atomic E-state index is 0.133. The second-order valence-corrected chi connectivity index (χ2v) is 5.18. The molecule has 0 spiro atoms. The molecule has 0 bridgehead atoms. The first kappa shape index (κ1) is 10.7. The molecule has 0 aliphatic heterocycles. The number of thiophene rings is 1. The fourth-order valence-electron chi connectivity index (χ4n) is 1.21. The Kier molecular flexibility index (Phi) is 3.41. The number of aliphatic hydroxyl groups is 1. The molecule has 0 amide bonds. The molecule has 0 aliphatic carbocycles. The number of halogens is 1. The van der Waals surface area contributed by atoms with Crippen LogP contribution in [0.3, 0.4) is 0 Å². The SMILES string of the molecule is OCc1cccc(F)c1Sc1cccs1. The van der Waals surface area contributed by atoms with Crippen LogP contribution in [0.1, 0.15) is 5.56 Å². The lowest BCUT2D eigenvalue weighted by Gasteiger charge is -2.06. The summed E-state index contributed by atoms with van der Waals surface area (Å²) in [5.41, 5.74) is 0.633. The van der Waals surface area contributed by atoms with Crippen molar-refractivity contribution in [2.75, 3.05) is 0 Å². The van der Waals surface area contributed by atoms with Gasteiger partial charge in [0.1, 0.15) is 5.82 Å². The van der Waals surface area contributed by atoms with Gasteiger partial charge in [-0.3, -0.25) is 0 Å². The smallest absolute Gasteiger partial charge is 0.137 e. The van der Waals surface area contributed by atoms with Gasteiger partial charge < -0.3 is 5.11 Å². The molecule has 2 aromatic rings. The predicted octanol–water partition coefficient (Wildman–Crippen LogP) is 3.53. The van der Waals surface area contributed by atoms with Gasteiger partial charge in [0.2, 0.25) is 0 Å². The molecular formula is C11H9FOS2. The van der Waals surface area contributed by atoms with E-state index in [1.54, 1.807) is 23.5 Å². The quantitative estimate of drug-likeness (QED) is 0.885. The Labute approximate surface area is 95.6 Å². The van der Waals surface area contributed by atoms with Crippen LogP contribution in [0.2, 0.25) is 0 Å². The van der Waals surface area contributed by atoms with Crippen LogP contribution in [0.25, 0.3) is 0 Å². The molecule has 0 radical (unpaired) electrons. The second-order valence-electron chi connectivity index (χ2n) is 2.92. The lowest BCUT2D eigenvalue weighted by Crippen LogP contribution is -1.90. The summed E-state index contributed by atoms with van der Waals surface area (Å²) in [6, 6.07) is 8.61. The van der Waals surface area contributed by atoms with E-state index in [1.165, 1.54) is 17.8 Å². The van der Waals surface area contributed by atoms with E-state index in [-0.39, 0.29) is 12.4 Å². The number of rotatable bonds is 3. The molecular weight excluding hydrogens is 231 g/mol. The summed E-state index contributed by atoms with van der Waals surface area (Å²) in [5, 5.41) is 11.0. The van der Waals surface area contributed by atoms with Gasteiger partial charge >= 0.3 is 0 Å². The Bertz CT molecular complexity index is 440. The normalized spacial score (nSPS) is 10.5. The van der Waals surface area contributed by atoms with Gasteiger partial charge in [0, 0.05) is 0 Å². The molecule has 0 fully saturated rings. The van der Waals surface area contributed by atoms with E-state index < -0.39 is 0 Å². The van der Waals surface area contributed by atoms with Crippen molar-refractivity contribution in [1.82, 2.24) is 0 Å². The molecule has 0 unspecified atom stereocenters. The Hall–Kier alpha value is -0.840. The van der Waals surface area contributed by atoms with Crippen molar-refractivity contribution in [3.8, 4) is 0 Å². The van der Waals surface area contributed by atoms with Crippen molar-refractivity contribution >= 4 is 23.1 Å². The third kappa shape index (κ3) is 2.40. The zero-order valence-corrected chi connectivity index (χ0v) is 9.45. The molecule has 1 aromatic carbocycles. The average molecular weight is 240 g/mol. The molecule has 0 aliphatic rings. The molecule has 0 atom stereocenters. The molecule has 1 N–H and O–H groups in total. The van der Waals surface area contributed by atoms with Gasteiger partial charge in [-0.1, -0.05) is 30.0 Å². The number of hydrogen-bond donors (Lipinski definition) is 1. The second kappa shape index (κ2) is 4.79. The summed E-state index contributed by atoms with van der Waals surface area (Å²) in [5.74, 6) is -0.278. The Morgan fingerprint density at radius 2 is 2.13 bits per heavy atom. The maximum Gasteiger partial charge on any atom is 0.137 e. The van der Waals surface area contributed by atoms with Gasteiger partial charge in [0.05, 0.1) is 15.7 Å². The number of aliphatic hydroxyl groups excluding tert-OH is 1. The molecule has 15 heavy (non-hydrogen) atoms. The van der Waals surface area contributed by atoms with Crippen LogP contribution in [-0.2, 0) is 6.61 Å². The Balaban J connectivity index is 2.34. The third-order valence-corrected chi connectivity index (χ3v) is 4.12. The van der Waals surface area contributed by atoms with E-state index in [1.807, 2.05) is 17.5 Å². The van der Waals surface area contributed by atoms with Crippen LogP contribution in [-0.4, -0.2) is 5.11 Å². The molecule has 1 nitrogen and oxygen atoms in total. The van der Waals surface area contributed by atoms with Gasteiger partial charge in [-0.2, -0.15) is 0 Å². The number of hydrogen-bond acceptors (Lipinski definition) is 3. The van der Waals surface area contributed by atoms with Crippen LogP contribution >= 0.6 is 23.1 Å². The van der Waals surface area contributed by atoms with E-state index in [4.69, 9.17) is 5.11 Å². The predicted molar refractivity (Wildman–Crippen MR) is 60.8 cm³/mol. The maximum absolute atomic E-state index is 13.5. The first-order valence-corrected chi connectivity index (χ1v) is 6.10. The van der Waals surface area contributed by atoms with Crippen molar-refractivity contribution in [2.24, 2.45) is 0 Å². The highest BCUT2D eigenvalue weighted by Crippen LogP contribution is 2.35. The molecule has 1 heterocycles. The lowest BCUT2D eigenvalue weighted by atomic mass is 10.2. The fourth-order valence-corrected chi connectivity index (χ4v) is 3.05. The van der Waals surface area contributed by atoms with Gasteiger partial charge in [-0.15, -0.1) is 11.3 Å². The van der Waals surface area contributed by atoms with E-state index >= 15 is 0 Å². The first-order chi connectivity index (χ1) is 7.31. The summed E-state index contributed by atoms with van der Waals surface area (Å²) < 4.78 is 14.5. The molecule has 1 aromatic heterocycles. The van der Waals surface area contributed by atoms with E-state index in [2.05, 4.69) is 0 Å². The minimum atomic E-state index is -0.278. The highest BCUT2D eigenvalue weighted by atomic mass is 32.2. The van der Waals surface area contributed by atoms with E-state index in [0.717, 1.165) is 4.21 Å². The van der Waals surface area contributed by atoms with Gasteiger partial charge in [-0.25, -0.2) is 4.39 Å². The monoisotopic (exact) mass is 240 g/mol. The Morgan fingerprint density at radius 1 is 1.27 bits per heavy atom. The minimum Gasteiger partial charge on any atom is -0.392 e. The highest BCUT2D eigenvalue weighted by Gasteiger charge is 2.09. The van der Waals surface area contributed by atoms with Crippen molar-refractivity contribution in [3.63, 3.8) is 0 Å². The van der Waals surface area contributed by atoms with Gasteiger partial charge in [0.25, 0.3) is 0 Å². The lowest BCUT2D eigenvalue weighted by molar-refractivity contribution is 0.277. The summed E-state index contributed by atoms with van der Waals surface area (Å²) in [6.45, 7) is -0.133. The molecule has 0 saturated carbocycles. The summed E-state index contributed by atoms with van der Waals surface area (Å²) in [7, 11) is 0. The zero-order valence-electron chi connectivity index (χ0n) is 7.81. The third-order valence-electron chi connectivity index (χ3n) is 1.92. The van der Waals surface area contributed by atoms with Crippen molar-refractivity contribution in [3.05, 3.63) is 47.1 Å². The molecule has 0 saturated heterocycles. The first-order valence-electron chi connectivity index (χ1n) is 4.41. The van der Waals surface area contributed by atoms with Crippen molar-refractivity contribution < 1.29 is 9.50 Å². The van der Waals surface area contributed by atoms with Crippen LogP contribution < -0.4 is 0 Å². The largest absolute Gasteiger partial charge is 0.392 e. The topological polar surface area (TPSA) is 20.2 Å². The van der Waals surface area contributed by atoms with Crippen molar-refractivity contribution in [2.45, 2.75) is 15.7 Å². The molecule has 78 valence electrons. The summed E-state index contributed by atoms with van der Waals surface area (Å²) >= 11 is 2.92. The Morgan fingerprint density at radius 3 is 2.80 bits per heavy atom. The summed E-state index contributed by atoms with van der Waals surface area (Å²) in [4.78, 5) is 0.516. The highest BCUT2D eigenvalue weighted by molar-refractivity contribution is 8.01. The van der Waals surface area contributed by atoms with E-state index in [0.29, 0.717) is 10.5 Å². The van der Waals surface area contributed by atoms with Crippen LogP contribution in [0.5, 0.6) is 0 Å². The van der Waals surface area contributed by atoms with Crippen molar-refractivity contribution in [1.29, 1.82) is 0 Å². The van der Waals surface area contributed by atoms with Crippen LogP contribution in [0.4, 0.5) is 4.39 Å². The zero-order chi connectivity index (χ0) is 10.7. The van der Waals surface area contributed by atoms with Crippen LogP contribution in [0, 0.1) is 5.82 Å². The maximum atomic E-state index is 13.5. The fraction of sp³-hybridized carbons (Fsp3) is 0.0909. The van der Waals surface area contributed by atoms with E-state index in [9.17, 15) is 4.39 Å². The molecule has 2 rings (SSSR count). The molecule has 4 heteroatoms. The standard InChI is InChI=1S/C11H9FOS2/c12-9-4-1-3-8(7-13)11(9)15-10-5-2-6-14-10/h1-6,13H,7H2.